The Kier molecular flexibility index (Phi) is 4.52. The van der Waals surface area contributed by atoms with E-state index in [-0.39, 0.29) is 22.9 Å². The lowest BCUT2D eigenvalue weighted by Crippen LogP contribution is -2.14. The zero-order valence-electron chi connectivity index (χ0n) is 14.8. The van der Waals surface area contributed by atoms with Gasteiger partial charge in [-0.1, -0.05) is 30.3 Å². The van der Waals surface area contributed by atoms with Crippen LogP contribution in [-0.4, -0.2) is 35.3 Å². The van der Waals surface area contributed by atoms with Crippen molar-refractivity contribution in [2.75, 3.05) is 5.32 Å². The third-order valence-corrected chi connectivity index (χ3v) is 4.04. The van der Waals surface area contributed by atoms with Crippen molar-refractivity contribution in [3.05, 3.63) is 71.4 Å². The van der Waals surface area contributed by atoms with E-state index in [1.54, 1.807) is 11.6 Å². The van der Waals surface area contributed by atoms with Crippen LogP contribution in [0.2, 0.25) is 0 Å². The van der Waals surface area contributed by atoms with Gasteiger partial charge in [-0.25, -0.2) is 27.9 Å². The zero-order valence-corrected chi connectivity index (χ0v) is 14.8. The topological polar surface area (TPSA) is 90.0 Å². The summed E-state index contributed by atoms with van der Waals surface area (Å²) in [6.45, 7) is 2.08. The van der Waals surface area contributed by atoms with Crippen molar-refractivity contribution in [2.45, 2.75) is 19.9 Å². The molecule has 4 rings (SSSR count). The fraction of sp³-hybridized carbons (Fsp3) is 0.167. The van der Waals surface area contributed by atoms with Crippen molar-refractivity contribution in [2.24, 2.45) is 0 Å². The number of carbonyl (C=O) groups is 1. The van der Waals surface area contributed by atoms with E-state index in [0.717, 1.165) is 10.1 Å². The quantitative estimate of drug-likeness (QED) is 0.572. The van der Waals surface area contributed by atoms with Crippen LogP contribution in [0.3, 0.4) is 0 Å². The van der Waals surface area contributed by atoms with E-state index in [1.165, 1.54) is 18.6 Å². The van der Waals surface area contributed by atoms with Gasteiger partial charge in [0, 0.05) is 5.69 Å². The predicted molar refractivity (Wildman–Crippen MR) is 96.2 cm³/mol. The van der Waals surface area contributed by atoms with Crippen LogP contribution in [0.25, 0.3) is 5.65 Å². The lowest BCUT2D eigenvalue weighted by atomic mass is 10.2. The standard InChI is InChI=1S/C18H15F2N7O/c1-11-7-14(15(19)20)27-16(23-11)13(8-22-27)17(28)24-18-21-10-26(25-18)9-12-5-3-2-4-6-12/h2-8,10,15H,9H2,1H3,(H,24,25,28). The molecule has 3 heterocycles. The molecule has 0 aliphatic carbocycles. The molecule has 0 aliphatic heterocycles. The minimum absolute atomic E-state index is 0.0523. The van der Waals surface area contributed by atoms with Gasteiger partial charge in [-0.05, 0) is 18.6 Å². The van der Waals surface area contributed by atoms with Gasteiger partial charge in [-0.3, -0.25) is 10.1 Å². The number of hydrogen-bond acceptors (Lipinski definition) is 5. The summed E-state index contributed by atoms with van der Waals surface area (Å²) in [4.78, 5) is 20.8. The molecule has 0 fully saturated rings. The van der Waals surface area contributed by atoms with E-state index in [2.05, 4.69) is 25.5 Å². The number of halogens is 2. The number of alkyl halides is 2. The average Bonchev–Trinajstić information content (AvgIpc) is 3.28. The third-order valence-electron chi connectivity index (χ3n) is 4.04. The van der Waals surface area contributed by atoms with Crippen LogP contribution in [0.4, 0.5) is 14.7 Å². The first-order valence-electron chi connectivity index (χ1n) is 8.39. The minimum atomic E-state index is -2.74. The molecule has 0 unspecified atom stereocenters. The molecule has 142 valence electrons. The molecule has 3 aromatic heterocycles. The second-order valence-corrected chi connectivity index (χ2v) is 6.12. The number of nitrogens with zero attached hydrogens (tertiary/aromatic N) is 6. The van der Waals surface area contributed by atoms with E-state index in [0.29, 0.717) is 12.2 Å². The molecule has 0 atom stereocenters. The maximum Gasteiger partial charge on any atom is 0.280 e. The molecule has 8 nitrogen and oxygen atoms in total. The summed E-state index contributed by atoms with van der Waals surface area (Å²) < 4.78 is 29.0. The monoisotopic (exact) mass is 383 g/mol. The molecule has 1 aromatic carbocycles. The molecule has 0 spiro atoms. The van der Waals surface area contributed by atoms with Crippen LogP contribution >= 0.6 is 0 Å². The highest BCUT2D eigenvalue weighted by atomic mass is 19.3. The second kappa shape index (κ2) is 7.14. The molecular formula is C18H15F2N7O. The van der Waals surface area contributed by atoms with Crippen molar-refractivity contribution in [1.29, 1.82) is 0 Å². The van der Waals surface area contributed by atoms with Crippen LogP contribution in [0.1, 0.15) is 33.7 Å². The molecule has 0 saturated carbocycles. The average molecular weight is 383 g/mol. The van der Waals surface area contributed by atoms with Crippen LogP contribution in [-0.2, 0) is 6.54 Å². The Labute approximate surface area is 157 Å². The molecular weight excluding hydrogens is 368 g/mol. The molecule has 10 heteroatoms. The Morgan fingerprint density at radius 2 is 2.04 bits per heavy atom. The number of hydrogen-bond donors (Lipinski definition) is 1. The maximum absolute atomic E-state index is 13.2. The summed E-state index contributed by atoms with van der Waals surface area (Å²) >= 11 is 0. The third kappa shape index (κ3) is 3.43. The molecule has 1 amide bonds. The van der Waals surface area contributed by atoms with Crippen molar-refractivity contribution in [3.63, 3.8) is 0 Å². The summed E-state index contributed by atoms with van der Waals surface area (Å²) in [6, 6.07) is 10.9. The lowest BCUT2D eigenvalue weighted by Gasteiger charge is -2.05. The molecule has 0 aliphatic rings. The van der Waals surface area contributed by atoms with E-state index in [1.807, 2.05) is 30.3 Å². The fourth-order valence-corrected chi connectivity index (χ4v) is 2.80. The number of aryl methyl sites for hydroxylation is 1. The largest absolute Gasteiger partial charge is 0.289 e. The molecule has 0 radical (unpaired) electrons. The number of rotatable bonds is 5. The zero-order chi connectivity index (χ0) is 19.7. The summed E-state index contributed by atoms with van der Waals surface area (Å²) in [5, 5.41) is 10.6. The Balaban J connectivity index is 1.56. The van der Waals surface area contributed by atoms with Gasteiger partial charge in [0.2, 0.25) is 5.95 Å². The van der Waals surface area contributed by atoms with Gasteiger partial charge in [0.25, 0.3) is 12.3 Å². The first-order valence-corrected chi connectivity index (χ1v) is 8.39. The van der Waals surface area contributed by atoms with Crippen LogP contribution in [0.15, 0.2) is 48.9 Å². The first kappa shape index (κ1) is 17.7. The van der Waals surface area contributed by atoms with E-state index in [9.17, 15) is 13.6 Å². The van der Waals surface area contributed by atoms with Gasteiger partial charge < -0.3 is 0 Å². The van der Waals surface area contributed by atoms with Crippen LogP contribution in [0.5, 0.6) is 0 Å². The van der Waals surface area contributed by atoms with E-state index in [4.69, 9.17) is 0 Å². The number of anilines is 1. The van der Waals surface area contributed by atoms with Gasteiger partial charge in [0.05, 0.1) is 12.7 Å². The Morgan fingerprint density at radius 3 is 2.79 bits per heavy atom. The van der Waals surface area contributed by atoms with Crippen molar-refractivity contribution in [1.82, 2.24) is 29.4 Å². The van der Waals surface area contributed by atoms with Crippen molar-refractivity contribution >= 4 is 17.5 Å². The number of benzene rings is 1. The number of fused-ring (bicyclic) bond motifs is 1. The van der Waals surface area contributed by atoms with Crippen LogP contribution < -0.4 is 5.32 Å². The highest BCUT2D eigenvalue weighted by Crippen LogP contribution is 2.22. The molecule has 4 aromatic rings. The summed E-state index contributed by atoms with van der Waals surface area (Å²) in [7, 11) is 0. The second-order valence-electron chi connectivity index (χ2n) is 6.12. The van der Waals surface area contributed by atoms with Crippen molar-refractivity contribution < 1.29 is 13.6 Å². The van der Waals surface area contributed by atoms with Gasteiger partial charge in [-0.15, -0.1) is 5.10 Å². The SMILES string of the molecule is Cc1cc(C(F)F)n2ncc(C(=O)Nc3ncn(Cc4ccccc4)n3)c2n1. The van der Waals surface area contributed by atoms with Crippen molar-refractivity contribution in [3.8, 4) is 0 Å². The Morgan fingerprint density at radius 1 is 1.25 bits per heavy atom. The van der Waals surface area contributed by atoms with E-state index < -0.39 is 12.3 Å². The molecule has 0 saturated heterocycles. The van der Waals surface area contributed by atoms with Crippen LogP contribution in [0, 0.1) is 6.92 Å². The summed E-state index contributed by atoms with van der Waals surface area (Å²) in [5.74, 6) is -0.479. The van der Waals surface area contributed by atoms with Gasteiger partial charge in [-0.2, -0.15) is 5.10 Å². The maximum atomic E-state index is 13.2. The van der Waals surface area contributed by atoms with Gasteiger partial charge in [0.1, 0.15) is 17.6 Å². The number of aromatic nitrogens is 6. The number of nitrogens with one attached hydrogen (secondary N) is 1. The smallest absolute Gasteiger partial charge is 0.280 e. The minimum Gasteiger partial charge on any atom is -0.289 e. The Hall–Kier alpha value is -3.69. The molecule has 1 N–H and O–H groups in total. The predicted octanol–water partition coefficient (Wildman–Crippen LogP) is 2.87. The summed E-state index contributed by atoms with van der Waals surface area (Å²) in [6.07, 6.45) is -0.0460. The van der Waals surface area contributed by atoms with Gasteiger partial charge in [0.15, 0.2) is 5.65 Å². The van der Waals surface area contributed by atoms with Gasteiger partial charge >= 0.3 is 0 Å². The number of amides is 1. The lowest BCUT2D eigenvalue weighted by molar-refractivity contribution is 0.102. The fourth-order valence-electron chi connectivity index (χ4n) is 2.80. The molecule has 28 heavy (non-hydrogen) atoms. The first-order chi connectivity index (χ1) is 13.5. The highest BCUT2D eigenvalue weighted by molar-refractivity contribution is 6.07. The number of carbonyl (C=O) groups excluding carboxylic acids is 1. The highest BCUT2D eigenvalue weighted by Gasteiger charge is 2.21. The summed E-state index contributed by atoms with van der Waals surface area (Å²) in [5.41, 5.74) is 1.18. The molecule has 0 bridgehead atoms. The Bertz CT molecular complexity index is 1140. The normalized spacial score (nSPS) is 11.3. The van der Waals surface area contributed by atoms with E-state index >= 15 is 0 Å².